The minimum atomic E-state index is -0.672. The Bertz CT molecular complexity index is 837. The van der Waals surface area contributed by atoms with Gasteiger partial charge in [0.1, 0.15) is 0 Å². The number of hydrogen-bond donors (Lipinski definition) is 3. The van der Waals surface area contributed by atoms with Crippen LogP contribution in [0.4, 0.5) is 0 Å². The average Bonchev–Trinajstić information content (AvgIpc) is 3.24. The van der Waals surface area contributed by atoms with E-state index in [0.717, 1.165) is 57.8 Å². The Hall–Kier alpha value is -1.14. The van der Waals surface area contributed by atoms with Gasteiger partial charge in [0.05, 0.1) is 25.4 Å². The second-order valence-electron chi connectivity index (χ2n) is 18.6. The fourth-order valence-electron chi connectivity index (χ4n) is 8.52. The minimum Gasteiger partial charge on any atom is -0.466 e. The van der Waals surface area contributed by atoms with E-state index in [-0.39, 0.29) is 18.5 Å². The maximum Gasteiger partial charge on any atom is 0.305 e. The SMILES string of the molecule is CCCCCCCCCCCCCCCCCCCCC(=O)OCCCCCCCCCCCCCCC(=O)NC(CO)C(O)CCCCCCCCCCCCCC. The Morgan fingerprint density at radius 3 is 1.03 bits per heavy atom. The van der Waals surface area contributed by atoms with Crippen molar-refractivity contribution in [3.05, 3.63) is 0 Å². The van der Waals surface area contributed by atoms with Gasteiger partial charge in [0.25, 0.3) is 0 Å². The lowest BCUT2D eigenvalue weighted by atomic mass is 10.0. The van der Waals surface area contributed by atoms with Gasteiger partial charge in [0.2, 0.25) is 5.91 Å². The number of esters is 1. The smallest absolute Gasteiger partial charge is 0.305 e. The molecule has 0 fully saturated rings. The van der Waals surface area contributed by atoms with Gasteiger partial charge < -0.3 is 20.3 Å². The molecule has 0 radical (unpaired) electrons. The summed E-state index contributed by atoms with van der Waals surface area (Å²) in [4.78, 5) is 24.5. The summed E-state index contributed by atoms with van der Waals surface area (Å²) in [6.45, 7) is 4.93. The van der Waals surface area contributed by atoms with E-state index >= 15 is 0 Å². The van der Waals surface area contributed by atoms with Crippen molar-refractivity contribution in [2.45, 2.75) is 315 Å². The number of hydrogen-bond acceptors (Lipinski definition) is 5. The number of unbranched alkanes of at least 4 members (excludes halogenated alkanes) is 39. The van der Waals surface area contributed by atoms with Crippen LogP contribution >= 0.6 is 0 Å². The van der Waals surface area contributed by atoms with Crippen molar-refractivity contribution in [3.8, 4) is 0 Å². The Kier molecular flexibility index (Phi) is 48.6. The lowest BCUT2D eigenvalue weighted by molar-refractivity contribution is -0.143. The third-order valence-corrected chi connectivity index (χ3v) is 12.7. The van der Waals surface area contributed by atoms with Crippen LogP contribution in [0.2, 0.25) is 0 Å². The maximum atomic E-state index is 12.4. The Morgan fingerprint density at radius 1 is 0.407 bits per heavy atom. The molecular formula is C53H105NO5. The number of aliphatic hydroxyl groups is 2. The molecule has 0 aliphatic rings. The van der Waals surface area contributed by atoms with Crippen molar-refractivity contribution in [1.82, 2.24) is 5.32 Å². The van der Waals surface area contributed by atoms with Gasteiger partial charge in [-0.3, -0.25) is 9.59 Å². The summed E-state index contributed by atoms with van der Waals surface area (Å²) in [6.07, 6.45) is 55.0. The van der Waals surface area contributed by atoms with Crippen LogP contribution in [0.15, 0.2) is 0 Å². The number of carbonyl (C=O) groups is 2. The molecule has 0 aliphatic heterocycles. The molecule has 0 aromatic heterocycles. The predicted octanol–water partition coefficient (Wildman–Crippen LogP) is 16.0. The van der Waals surface area contributed by atoms with Crippen molar-refractivity contribution in [2.24, 2.45) is 0 Å². The second kappa shape index (κ2) is 49.5. The molecule has 2 unspecified atom stereocenters. The first-order valence-corrected chi connectivity index (χ1v) is 26.8. The van der Waals surface area contributed by atoms with Gasteiger partial charge >= 0.3 is 5.97 Å². The largest absolute Gasteiger partial charge is 0.466 e. The molecule has 0 aromatic carbocycles. The van der Waals surface area contributed by atoms with Crippen LogP contribution in [-0.4, -0.2) is 47.4 Å². The van der Waals surface area contributed by atoms with Crippen LogP contribution in [0.3, 0.4) is 0 Å². The molecule has 0 saturated heterocycles. The number of ether oxygens (including phenoxy) is 1. The molecule has 6 heteroatoms. The third kappa shape index (κ3) is 46.2. The molecule has 2 atom stereocenters. The van der Waals surface area contributed by atoms with Crippen molar-refractivity contribution in [3.63, 3.8) is 0 Å². The number of nitrogens with one attached hydrogen (secondary N) is 1. The molecule has 0 bridgehead atoms. The molecule has 0 heterocycles. The number of amides is 1. The standard InChI is InChI=1S/C53H105NO5/c1-3-5-7-9-11-13-15-17-18-19-20-21-22-27-31-35-39-43-47-53(58)59-48-44-40-36-32-28-24-23-26-30-34-38-42-46-52(57)54-50(49-55)51(56)45-41-37-33-29-25-16-14-12-10-8-6-4-2/h50-51,55-56H,3-49H2,1-2H3,(H,54,57). The van der Waals surface area contributed by atoms with Crippen LogP contribution in [0.1, 0.15) is 303 Å². The van der Waals surface area contributed by atoms with Gasteiger partial charge in [-0.2, -0.15) is 0 Å². The zero-order valence-electron chi connectivity index (χ0n) is 40.0. The van der Waals surface area contributed by atoms with E-state index in [4.69, 9.17) is 4.74 Å². The minimum absolute atomic E-state index is 0.00432. The van der Waals surface area contributed by atoms with Gasteiger partial charge in [0, 0.05) is 12.8 Å². The van der Waals surface area contributed by atoms with Crippen LogP contribution in [0.5, 0.6) is 0 Å². The predicted molar refractivity (Wildman–Crippen MR) is 255 cm³/mol. The zero-order valence-corrected chi connectivity index (χ0v) is 40.0. The summed E-state index contributed by atoms with van der Waals surface area (Å²) >= 11 is 0. The molecule has 1 amide bonds. The van der Waals surface area contributed by atoms with Crippen LogP contribution < -0.4 is 5.32 Å². The van der Waals surface area contributed by atoms with Gasteiger partial charge in [0.15, 0.2) is 0 Å². The summed E-state index contributed by atoms with van der Waals surface area (Å²) in [5, 5.41) is 23.2. The van der Waals surface area contributed by atoms with Gasteiger partial charge in [-0.15, -0.1) is 0 Å². The molecule has 0 saturated carbocycles. The topological polar surface area (TPSA) is 95.9 Å². The fourth-order valence-corrected chi connectivity index (χ4v) is 8.52. The fraction of sp³-hybridized carbons (Fsp3) is 0.962. The number of carbonyl (C=O) groups excluding carboxylic acids is 2. The van der Waals surface area contributed by atoms with E-state index in [0.29, 0.717) is 25.9 Å². The summed E-state index contributed by atoms with van der Waals surface area (Å²) in [7, 11) is 0. The van der Waals surface area contributed by atoms with Crippen LogP contribution in [0, 0.1) is 0 Å². The van der Waals surface area contributed by atoms with Crippen molar-refractivity contribution < 1.29 is 24.5 Å². The summed E-state index contributed by atoms with van der Waals surface area (Å²) in [6, 6.07) is -0.550. The van der Waals surface area contributed by atoms with Crippen molar-refractivity contribution in [1.29, 1.82) is 0 Å². The lowest BCUT2D eigenvalue weighted by Gasteiger charge is -2.22. The first-order valence-electron chi connectivity index (χ1n) is 26.8. The highest BCUT2D eigenvalue weighted by atomic mass is 16.5. The Balaban J connectivity index is 3.41. The highest BCUT2D eigenvalue weighted by Gasteiger charge is 2.20. The van der Waals surface area contributed by atoms with E-state index < -0.39 is 12.1 Å². The highest BCUT2D eigenvalue weighted by molar-refractivity contribution is 5.76. The monoisotopic (exact) mass is 836 g/mol. The average molecular weight is 836 g/mol. The molecule has 59 heavy (non-hydrogen) atoms. The first-order chi connectivity index (χ1) is 29.0. The van der Waals surface area contributed by atoms with Gasteiger partial charge in [-0.1, -0.05) is 264 Å². The molecule has 0 rings (SSSR count). The van der Waals surface area contributed by atoms with Crippen molar-refractivity contribution >= 4 is 11.9 Å². The van der Waals surface area contributed by atoms with E-state index in [2.05, 4.69) is 19.2 Å². The van der Waals surface area contributed by atoms with E-state index in [9.17, 15) is 19.8 Å². The molecule has 0 aromatic rings. The van der Waals surface area contributed by atoms with E-state index in [1.54, 1.807) is 0 Å². The lowest BCUT2D eigenvalue weighted by Crippen LogP contribution is -2.45. The van der Waals surface area contributed by atoms with Crippen LogP contribution in [-0.2, 0) is 14.3 Å². The molecule has 3 N–H and O–H groups in total. The van der Waals surface area contributed by atoms with E-state index in [1.165, 1.54) is 212 Å². The Labute approximate surface area is 368 Å². The third-order valence-electron chi connectivity index (χ3n) is 12.7. The molecule has 0 aliphatic carbocycles. The summed E-state index contributed by atoms with van der Waals surface area (Å²) < 4.78 is 5.48. The summed E-state index contributed by atoms with van der Waals surface area (Å²) in [5.41, 5.74) is 0. The number of rotatable bonds is 50. The van der Waals surface area contributed by atoms with Crippen LogP contribution in [0.25, 0.3) is 0 Å². The van der Waals surface area contributed by atoms with Crippen molar-refractivity contribution in [2.75, 3.05) is 13.2 Å². The normalized spacial score (nSPS) is 12.5. The first kappa shape index (κ1) is 57.9. The molecule has 6 nitrogen and oxygen atoms in total. The molecule has 0 spiro atoms. The van der Waals surface area contributed by atoms with Gasteiger partial charge in [-0.25, -0.2) is 0 Å². The zero-order chi connectivity index (χ0) is 43.0. The summed E-state index contributed by atoms with van der Waals surface area (Å²) in [5.74, 6) is -0.0535. The quantitative estimate of drug-likeness (QED) is 0.0419. The van der Waals surface area contributed by atoms with Gasteiger partial charge in [-0.05, 0) is 25.7 Å². The maximum absolute atomic E-state index is 12.4. The Morgan fingerprint density at radius 2 is 0.695 bits per heavy atom. The van der Waals surface area contributed by atoms with E-state index in [1.807, 2.05) is 0 Å². The highest BCUT2D eigenvalue weighted by Crippen LogP contribution is 2.17. The second-order valence-corrected chi connectivity index (χ2v) is 18.6. The number of aliphatic hydroxyl groups excluding tert-OH is 2. The molecular weight excluding hydrogens is 731 g/mol. The molecule has 352 valence electrons.